The largest absolute Gasteiger partial charge is 0.345 e. The number of hydrogen-bond donors (Lipinski definition) is 2. The van der Waals surface area contributed by atoms with E-state index in [2.05, 4.69) is 53.4 Å². The number of amides is 1. The fraction of sp³-hybridized carbons (Fsp3) is 0.600. The van der Waals surface area contributed by atoms with Crippen LogP contribution in [0.1, 0.15) is 32.4 Å². The first kappa shape index (κ1) is 15.4. The molecule has 2 saturated carbocycles. The quantitative estimate of drug-likeness (QED) is 0.879. The van der Waals surface area contributed by atoms with Gasteiger partial charge in [0.25, 0.3) is 0 Å². The molecule has 25 heavy (non-hydrogen) atoms. The summed E-state index contributed by atoms with van der Waals surface area (Å²) in [5, 5.41) is 12.7. The second-order valence-electron chi connectivity index (χ2n) is 8.62. The molecule has 1 aliphatic heterocycles. The number of carbonyl (C=O) groups excluding carboxylic acids is 1. The van der Waals surface area contributed by atoms with Gasteiger partial charge in [-0.15, -0.1) is 0 Å². The van der Waals surface area contributed by atoms with Crippen LogP contribution in [-0.4, -0.2) is 28.8 Å². The second-order valence-corrected chi connectivity index (χ2v) is 8.62. The number of rotatable bonds is 5. The number of para-hydroxylation sites is 1. The van der Waals surface area contributed by atoms with E-state index < -0.39 is 5.54 Å². The van der Waals surface area contributed by atoms with Crippen LogP contribution in [0.3, 0.4) is 0 Å². The van der Waals surface area contributed by atoms with Gasteiger partial charge in [-0.2, -0.15) is 5.10 Å². The molecule has 1 saturated heterocycles. The molecule has 5 rings (SSSR count). The van der Waals surface area contributed by atoms with Crippen LogP contribution in [0.2, 0.25) is 0 Å². The summed E-state index contributed by atoms with van der Waals surface area (Å²) in [6.45, 7) is 7.13. The second kappa shape index (κ2) is 5.31. The molecule has 3 aliphatic rings. The summed E-state index contributed by atoms with van der Waals surface area (Å²) in [5.74, 6) is 2.25. The van der Waals surface area contributed by atoms with Crippen molar-refractivity contribution in [2.75, 3.05) is 13.1 Å². The van der Waals surface area contributed by atoms with Gasteiger partial charge >= 0.3 is 0 Å². The Labute approximate surface area is 148 Å². The van der Waals surface area contributed by atoms with Crippen LogP contribution in [0.5, 0.6) is 0 Å². The van der Waals surface area contributed by atoms with Gasteiger partial charge in [0.05, 0.1) is 16.7 Å². The van der Waals surface area contributed by atoms with Crippen molar-refractivity contribution in [2.24, 2.45) is 23.7 Å². The van der Waals surface area contributed by atoms with Crippen LogP contribution in [-0.2, 0) is 16.9 Å². The molecule has 5 nitrogen and oxygen atoms in total. The first-order valence-electron chi connectivity index (χ1n) is 9.53. The van der Waals surface area contributed by atoms with Crippen molar-refractivity contribution in [1.29, 1.82) is 0 Å². The average Bonchev–Trinajstić information content (AvgIpc) is 3.44. The van der Waals surface area contributed by atoms with Gasteiger partial charge in [0.1, 0.15) is 0 Å². The highest BCUT2D eigenvalue weighted by Crippen LogP contribution is 2.49. The number of piperidine rings is 1. The number of aromatic nitrogens is 2. The summed E-state index contributed by atoms with van der Waals surface area (Å²) < 4.78 is 2.14. The molecule has 3 fully saturated rings. The van der Waals surface area contributed by atoms with Crippen LogP contribution in [0.15, 0.2) is 24.3 Å². The number of carbonyl (C=O) groups is 1. The third kappa shape index (κ3) is 2.56. The van der Waals surface area contributed by atoms with Crippen LogP contribution in [0.4, 0.5) is 0 Å². The van der Waals surface area contributed by atoms with Crippen molar-refractivity contribution in [3.63, 3.8) is 0 Å². The van der Waals surface area contributed by atoms with Crippen LogP contribution in [0.25, 0.3) is 10.9 Å². The Bertz CT molecular complexity index is 825. The van der Waals surface area contributed by atoms with Gasteiger partial charge in [-0.3, -0.25) is 9.48 Å². The van der Waals surface area contributed by atoms with E-state index in [4.69, 9.17) is 5.10 Å². The number of benzene rings is 1. The maximum Gasteiger partial charge on any atom is 0.224 e. The smallest absolute Gasteiger partial charge is 0.224 e. The third-order valence-electron chi connectivity index (χ3n) is 6.21. The van der Waals surface area contributed by atoms with Crippen molar-refractivity contribution in [3.05, 3.63) is 30.0 Å². The Morgan fingerprint density at radius 2 is 2.00 bits per heavy atom. The predicted octanol–water partition coefficient (Wildman–Crippen LogP) is 2.26. The number of nitrogens with one attached hydrogen (secondary N) is 2. The minimum atomic E-state index is -0.462. The highest BCUT2D eigenvalue weighted by molar-refractivity contribution is 5.86. The Morgan fingerprint density at radius 3 is 2.72 bits per heavy atom. The minimum Gasteiger partial charge on any atom is -0.345 e. The van der Waals surface area contributed by atoms with E-state index in [0.29, 0.717) is 11.8 Å². The van der Waals surface area contributed by atoms with Gasteiger partial charge in [-0.05, 0) is 63.6 Å². The summed E-state index contributed by atoms with van der Waals surface area (Å²) >= 11 is 0. The first-order chi connectivity index (χ1) is 12.0. The topological polar surface area (TPSA) is 59.0 Å². The van der Waals surface area contributed by atoms with Crippen molar-refractivity contribution < 1.29 is 4.79 Å². The molecule has 0 spiro atoms. The van der Waals surface area contributed by atoms with Gasteiger partial charge in [0.15, 0.2) is 0 Å². The zero-order valence-corrected chi connectivity index (χ0v) is 15.0. The van der Waals surface area contributed by atoms with Crippen molar-refractivity contribution in [1.82, 2.24) is 20.4 Å². The fourth-order valence-corrected chi connectivity index (χ4v) is 4.53. The fourth-order valence-electron chi connectivity index (χ4n) is 4.53. The predicted molar refractivity (Wildman–Crippen MR) is 97.0 cm³/mol. The van der Waals surface area contributed by atoms with E-state index >= 15 is 0 Å². The van der Waals surface area contributed by atoms with E-state index in [0.717, 1.165) is 36.6 Å². The zero-order valence-electron chi connectivity index (χ0n) is 15.0. The van der Waals surface area contributed by atoms with Crippen molar-refractivity contribution in [2.45, 2.75) is 38.8 Å². The summed E-state index contributed by atoms with van der Waals surface area (Å²) in [5.41, 5.74) is 1.70. The molecule has 3 atom stereocenters. The Morgan fingerprint density at radius 1 is 1.28 bits per heavy atom. The number of nitrogens with zero attached hydrogens (tertiary/aromatic N) is 2. The minimum absolute atomic E-state index is 0.195. The van der Waals surface area contributed by atoms with E-state index in [1.807, 2.05) is 0 Å². The van der Waals surface area contributed by atoms with Gasteiger partial charge in [-0.1, -0.05) is 18.2 Å². The highest BCUT2D eigenvalue weighted by Gasteiger charge is 2.57. The van der Waals surface area contributed by atoms with Crippen molar-refractivity contribution >= 4 is 16.8 Å². The maximum atomic E-state index is 12.8. The molecule has 2 heterocycles. The highest BCUT2D eigenvalue weighted by atomic mass is 16.2. The molecule has 1 aromatic heterocycles. The molecule has 5 heteroatoms. The lowest BCUT2D eigenvalue weighted by Gasteiger charge is -2.25. The lowest BCUT2D eigenvalue weighted by molar-refractivity contribution is -0.124. The van der Waals surface area contributed by atoms with Gasteiger partial charge in [-0.25, -0.2) is 0 Å². The molecule has 1 unspecified atom stereocenters. The molecule has 1 amide bonds. The molecule has 0 bridgehead atoms. The summed E-state index contributed by atoms with van der Waals surface area (Å²) in [7, 11) is 0. The van der Waals surface area contributed by atoms with Crippen LogP contribution < -0.4 is 10.6 Å². The van der Waals surface area contributed by atoms with Crippen LogP contribution >= 0.6 is 0 Å². The van der Waals surface area contributed by atoms with Gasteiger partial charge in [0, 0.05) is 17.8 Å². The van der Waals surface area contributed by atoms with Crippen molar-refractivity contribution in [3.8, 4) is 0 Å². The van der Waals surface area contributed by atoms with Crippen LogP contribution in [0, 0.1) is 23.7 Å². The Kier molecular flexibility index (Phi) is 3.26. The first-order valence-corrected chi connectivity index (χ1v) is 9.53. The lowest BCUT2D eigenvalue weighted by atomic mass is 9.96. The zero-order chi connectivity index (χ0) is 17.2. The molecule has 0 radical (unpaired) electrons. The molecule has 1 aromatic carbocycles. The lowest BCUT2D eigenvalue weighted by Crippen LogP contribution is -2.43. The average molecular weight is 338 g/mol. The SMILES string of the molecule is CC(C)(NC(=O)C1[C@H]2CNC[C@@H]12)c1nn(CC2CC2)c2ccccc12. The standard InChI is InChI=1S/C20H26N4O/c1-20(2,22-19(25)17-14-9-21-10-15(14)17)18-13-5-3-4-6-16(13)24(23-18)11-12-7-8-12/h3-6,12,14-15,17,21H,7-11H2,1-2H3,(H,22,25)/t14-,15+,17?. The molecule has 2 aliphatic carbocycles. The van der Waals surface area contributed by atoms with E-state index in [1.165, 1.54) is 18.4 Å². The van der Waals surface area contributed by atoms with E-state index in [-0.39, 0.29) is 11.8 Å². The summed E-state index contributed by atoms with van der Waals surface area (Å²) in [6, 6.07) is 8.40. The molecular formula is C20H26N4O. The normalized spacial score (nSPS) is 28.2. The summed E-state index contributed by atoms with van der Waals surface area (Å²) in [4.78, 5) is 12.8. The third-order valence-corrected chi connectivity index (χ3v) is 6.21. The Hall–Kier alpha value is -1.88. The van der Waals surface area contributed by atoms with Gasteiger partial charge < -0.3 is 10.6 Å². The molecule has 132 valence electrons. The summed E-state index contributed by atoms with van der Waals surface area (Å²) in [6.07, 6.45) is 2.62. The van der Waals surface area contributed by atoms with E-state index in [9.17, 15) is 4.79 Å². The van der Waals surface area contributed by atoms with E-state index in [1.54, 1.807) is 0 Å². The maximum absolute atomic E-state index is 12.8. The number of hydrogen-bond acceptors (Lipinski definition) is 3. The monoisotopic (exact) mass is 338 g/mol. The number of fused-ring (bicyclic) bond motifs is 2. The molecular weight excluding hydrogens is 312 g/mol. The van der Waals surface area contributed by atoms with Gasteiger partial charge in [0.2, 0.25) is 5.91 Å². The molecule has 2 N–H and O–H groups in total. The Balaban J connectivity index is 1.43. The molecule has 2 aromatic rings.